The molecule has 4 aromatic carbocycles. The van der Waals surface area contributed by atoms with Gasteiger partial charge in [-0.05, 0) is 66.1 Å². The van der Waals surface area contributed by atoms with Crippen LogP contribution in [0.4, 0.5) is 11.4 Å². The van der Waals surface area contributed by atoms with Crippen molar-refractivity contribution in [2.24, 2.45) is 0 Å². The molecule has 7 heteroatoms. The average Bonchev–Trinajstić information content (AvgIpc) is 2.81. The van der Waals surface area contributed by atoms with E-state index >= 15 is 0 Å². The highest BCUT2D eigenvalue weighted by atomic mass is 79.9. The molecule has 0 heterocycles. The highest BCUT2D eigenvalue weighted by Crippen LogP contribution is 2.31. The lowest BCUT2D eigenvalue weighted by atomic mass is 10.1. The molecular weight excluding hydrogens is 524 g/mol. The molecule has 0 saturated carbocycles. The number of anilines is 2. The summed E-state index contributed by atoms with van der Waals surface area (Å²) in [7, 11) is -3.38. The first-order chi connectivity index (χ1) is 16.8. The van der Waals surface area contributed by atoms with Gasteiger partial charge in [0, 0.05) is 23.2 Å². The number of hydrogen-bond acceptors (Lipinski definition) is 4. The van der Waals surface area contributed by atoms with E-state index in [0.717, 1.165) is 32.8 Å². The summed E-state index contributed by atoms with van der Waals surface area (Å²) in [6.45, 7) is 3.27. The SMILES string of the molecule is Cc1c(NS(C)(=O)=O)cccc1N(Cc1ccccc1)Cc1ccc(Oc2cccc(Br)c2)cc1. The third kappa shape index (κ3) is 7.10. The van der Waals surface area contributed by atoms with Crippen molar-refractivity contribution in [1.82, 2.24) is 0 Å². The topological polar surface area (TPSA) is 58.6 Å². The Morgan fingerprint density at radius 3 is 2.11 bits per heavy atom. The van der Waals surface area contributed by atoms with Gasteiger partial charge in [0.05, 0.1) is 11.9 Å². The first-order valence-corrected chi connectivity index (χ1v) is 13.8. The summed E-state index contributed by atoms with van der Waals surface area (Å²) in [5.41, 5.74) is 4.72. The number of sulfonamides is 1. The first kappa shape index (κ1) is 24.8. The van der Waals surface area contributed by atoms with Crippen LogP contribution in [0.1, 0.15) is 16.7 Å². The van der Waals surface area contributed by atoms with Gasteiger partial charge in [-0.15, -0.1) is 0 Å². The number of nitrogens with zero attached hydrogens (tertiary/aromatic N) is 1. The maximum atomic E-state index is 11.9. The number of benzene rings is 4. The minimum absolute atomic E-state index is 0.584. The van der Waals surface area contributed by atoms with E-state index < -0.39 is 10.0 Å². The second-order valence-electron chi connectivity index (χ2n) is 8.37. The molecule has 0 aromatic heterocycles. The Morgan fingerprint density at radius 2 is 1.46 bits per heavy atom. The van der Waals surface area contributed by atoms with Crippen molar-refractivity contribution in [1.29, 1.82) is 0 Å². The van der Waals surface area contributed by atoms with Crippen molar-refractivity contribution < 1.29 is 13.2 Å². The van der Waals surface area contributed by atoms with E-state index in [2.05, 4.69) is 49.8 Å². The van der Waals surface area contributed by atoms with Crippen molar-refractivity contribution in [3.63, 3.8) is 0 Å². The van der Waals surface area contributed by atoms with Gasteiger partial charge in [-0.25, -0.2) is 8.42 Å². The van der Waals surface area contributed by atoms with Crippen LogP contribution in [-0.4, -0.2) is 14.7 Å². The minimum atomic E-state index is -3.38. The van der Waals surface area contributed by atoms with Crippen LogP contribution < -0.4 is 14.4 Å². The third-order valence-electron chi connectivity index (χ3n) is 5.49. The van der Waals surface area contributed by atoms with Gasteiger partial charge in [-0.1, -0.05) is 70.5 Å². The molecule has 0 aliphatic rings. The van der Waals surface area contributed by atoms with E-state index in [0.29, 0.717) is 18.8 Å². The van der Waals surface area contributed by atoms with Crippen LogP contribution in [-0.2, 0) is 23.1 Å². The highest BCUT2D eigenvalue weighted by molar-refractivity contribution is 9.10. The van der Waals surface area contributed by atoms with Crippen LogP contribution in [0.25, 0.3) is 0 Å². The Labute approximate surface area is 215 Å². The van der Waals surface area contributed by atoms with E-state index in [-0.39, 0.29) is 0 Å². The number of hydrogen-bond donors (Lipinski definition) is 1. The Balaban J connectivity index is 1.60. The summed E-state index contributed by atoms with van der Waals surface area (Å²) in [5, 5.41) is 0. The fourth-order valence-electron chi connectivity index (χ4n) is 3.86. The molecule has 0 amide bonds. The van der Waals surface area contributed by atoms with Crippen molar-refractivity contribution in [2.75, 3.05) is 15.9 Å². The van der Waals surface area contributed by atoms with Gasteiger partial charge in [-0.3, -0.25) is 4.72 Å². The second-order valence-corrected chi connectivity index (χ2v) is 11.0. The molecule has 0 atom stereocenters. The molecule has 0 unspecified atom stereocenters. The summed E-state index contributed by atoms with van der Waals surface area (Å²) >= 11 is 3.47. The van der Waals surface area contributed by atoms with Gasteiger partial charge in [0.25, 0.3) is 0 Å². The molecule has 4 rings (SSSR count). The van der Waals surface area contributed by atoms with Crippen LogP contribution in [0.5, 0.6) is 11.5 Å². The van der Waals surface area contributed by atoms with Gasteiger partial charge in [0.2, 0.25) is 10.0 Å². The normalized spacial score (nSPS) is 11.2. The average molecular weight is 552 g/mol. The van der Waals surface area contributed by atoms with Crippen LogP contribution in [0, 0.1) is 6.92 Å². The highest BCUT2D eigenvalue weighted by Gasteiger charge is 2.15. The Hall–Kier alpha value is -3.29. The number of halogens is 1. The van der Waals surface area contributed by atoms with Crippen molar-refractivity contribution in [3.05, 3.63) is 118 Å². The van der Waals surface area contributed by atoms with E-state index in [1.54, 1.807) is 6.07 Å². The molecule has 35 heavy (non-hydrogen) atoms. The van der Waals surface area contributed by atoms with Crippen molar-refractivity contribution in [3.8, 4) is 11.5 Å². The number of rotatable bonds is 9. The molecule has 0 radical (unpaired) electrons. The maximum absolute atomic E-state index is 11.9. The van der Waals surface area contributed by atoms with E-state index in [9.17, 15) is 8.42 Å². The summed E-state index contributed by atoms with van der Waals surface area (Å²) in [6, 6.07) is 31.7. The predicted octanol–water partition coefficient (Wildman–Crippen LogP) is 7.13. The van der Waals surface area contributed by atoms with E-state index in [1.807, 2.05) is 73.7 Å². The molecule has 5 nitrogen and oxygen atoms in total. The Kier molecular flexibility index (Phi) is 7.78. The van der Waals surface area contributed by atoms with Crippen LogP contribution >= 0.6 is 15.9 Å². The molecule has 0 aliphatic carbocycles. The van der Waals surface area contributed by atoms with Crippen LogP contribution in [0.2, 0.25) is 0 Å². The number of ether oxygens (including phenoxy) is 1. The minimum Gasteiger partial charge on any atom is -0.457 e. The van der Waals surface area contributed by atoms with Crippen LogP contribution in [0.3, 0.4) is 0 Å². The zero-order chi connectivity index (χ0) is 24.8. The largest absolute Gasteiger partial charge is 0.457 e. The van der Waals surface area contributed by atoms with Gasteiger partial charge in [-0.2, -0.15) is 0 Å². The molecule has 0 fully saturated rings. The fourth-order valence-corrected chi connectivity index (χ4v) is 4.86. The van der Waals surface area contributed by atoms with Crippen molar-refractivity contribution in [2.45, 2.75) is 20.0 Å². The zero-order valence-electron chi connectivity index (χ0n) is 19.6. The molecule has 1 N–H and O–H groups in total. The van der Waals surface area contributed by atoms with Crippen molar-refractivity contribution >= 4 is 37.3 Å². The fraction of sp³-hybridized carbons (Fsp3) is 0.143. The summed E-state index contributed by atoms with van der Waals surface area (Å²) in [6.07, 6.45) is 1.17. The standard InChI is InChI=1S/C28H27BrN2O3S/c1-21-27(30-35(2,32)33)12-7-13-28(21)31(19-22-8-4-3-5-9-22)20-23-14-16-25(17-15-23)34-26-11-6-10-24(29)18-26/h3-18,30H,19-20H2,1-2H3. The molecule has 0 saturated heterocycles. The lowest BCUT2D eigenvalue weighted by Crippen LogP contribution is -2.23. The Morgan fingerprint density at radius 1 is 0.800 bits per heavy atom. The van der Waals surface area contributed by atoms with Crippen LogP contribution in [0.15, 0.2) is 102 Å². The molecule has 4 aromatic rings. The second kappa shape index (κ2) is 11.0. The molecular formula is C28H27BrN2O3S. The summed E-state index contributed by atoms with van der Waals surface area (Å²) < 4.78 is 33.3. The molecule has 0 spiro atoms. The van der Waals surface area contributed by atoms with E-state index in [4.69, 9.17) is 4.74 Å². The Bertz CT molecular complexity index is 1390. The monoisotopic (exact) mass is 550 g/mol. The van der Waals surface area contributed by atoms with Gasteiger partial charge < -0.3 is 9.64 Å². The quantitative estimate of drug-likeness (QED) is 0.241. The maximum Gasteiger partial charge on any atom is 0.229 e. The predicted molar refractivity (Wildman–Crippen MR) is 147 cm³/mol. The van der Waals surface area contributed by atoms with Gasteiger partial charge in [0.15, 0.2) is 0 Å². The first-order valence-electron chi connectivity index (χ1n) is 11.2. The summed E-state index contributed by atoms with van der Waals surface area (Å²) in [5.74, 6) is 1.53. The van der Waals surface area contributed by atoms with Gasteiger partial charge in [0.1, 0.15) is 11.5 Å². The van der Waals surface area contributed by atoms with E-state index in [1.165, 1.54) is 11.8 Å². The lowest BCUT2D eigenvalue weighted by Gasteiger charge is -2.28. The van der Waals surface area contributed by atoms with Gasteiger partial charge >= 0.3 is 0 Å². The molecule has 180 valence electrons. The molecule has 0 aliphatic heterocycles. The third-order valence-corrected chi connectivity index (χ3v) is 6.57. The zero-order valence-corrected chi connectivity index (χ0v) is 22.0. The lowest BCUT2D eigenvalue weighted by molar-refractivity contribution is 0.482. The number of nitrogens with one attached hydrogen (secondary N) is 1. The summed E-state index contributed by atoms with van der Waals surface area (Å²) in [4.78, 5) is 2.25. The molecule has 0 bridgehead atoms. The smallest absolute Gasteiger partial charge is 0.229 e.